The Labute approximate surface area is 119 Å². The normalized spacial score (nSPS) is 10.1. The Kier molecular flexibility index (Phi) is 4.67. The van der Waals surface area contributed by atoms with Crippen molar-refractivity contribution in [2.45, 2.75) is 12.8 Å². The van der Waals surface area contributed by atoms with Crippen LogP contribution in [0.25, 0.3) is 10.8 Å². The zero-order valence-corrected chi connectivity index (χ0v) is 11.8. The van der Waals surface area contributed by atoms with Gasteiger partial charge in [-0.1, -0.05) is 0 Å². The second-order valence-electron chi connectivity index (χ2n) is 4.32. The first-order valence-corrected chi connectivity index (χ1v) is 6.48. The Bertz CT molecular complexity index is 632. The lowest BCUT2D eigenvalue weighted by atomic mass is 10.1. The Morgan fingerprint density at radius 2 is 2.00 bits per heavy atom. The van der Waals surface area contributed by atoms with E-state index in [1.54, 1.807) is 20.4 Å². The summed E-state index contributed by atoms with van der Waals surface area (Å²) in [6.07, 6.45) is 8.70. The Hall–Kier alpha value is -2.41. The molecule has 0 amide bonds. The molecule has 4 nitrogen and oxygen atoms in total. The highest BCUT2D eigenvalue weighted by Gasteiger charge is 2.09. The van der Waals surface area contributed by atoms with E-state index in [0.29, 0.717) is 11.5 Å². The number of rotatable bonds is 6. The maximum atomic E-state index is 5.34. The van der Waals surface area contributed by atoms with Gasteiger partial charge in [-0.25, -0.2) is 4.98 Å². The molecule has 1 N–H and O–H groups in total. The smallest absolute Gasteiger partial charge is 0.161 e. The van der Waals surface area contributed by atoms with Crippen molar-refractivity contribution in [2.75, 3.05) is 26.1 Å². The summed E-state index contributed by atoms with van der Waals surface area (Å²) in [6, 6.07) is 5.83. The second kappa shape index (κ2) is 6.67. The highest BCUT2D eigenvalue weighted by Crippen LogP contribution is 2.34. The molecule has 0 saturated carbocycles. The van der Waals surface area contributed by atoms with Crippen molar-refractivity contribution in [2.24, 2.45) is 0 Å². The number of hydrogen-bond donors (Lipinski definition) is 1. The van der Waals surface area contributed by atoms with Crippen molar-refractivity contribution in [3.8, 4) is 23.8 Å². The van der Waals surface area contributed by atoms with E-state index in [0.717, 1.165) is 36.0 Å². The molecule has 0 fully saturated rings. The van der Waals surface area contributed by atoms with Gasteiger partial charge in [0.15, 0.2) is 11.5 Å². The summed E-state index contributed by atoms with van der Waals surface area (Å²) in [6.45, 7) is 0.796. The summed E-state index contributed by atoms with van der Waals surface area (Å²) in [5, 5.41) is 5.37. The van der Waals surface area contributed by atoms with Gasteiger partial charge in [0.25, 0.3) is 0 Å². The van der Waals surface area contributed by atoms with Crippen LogP contribution in [0.5, 0.6) is 11.5 Å². The van der Waals surface area contributed by atoms with Gasteiger partial charge in [0.2, 0.25) is 0 Å². The summed E-state index contributed by atoms with van der Waals surface area (Å²) in [5.74, 6) is 4.87. The third-order valence-electron chi connectivity index (χ3n) is 3.06. The fourth-order valence-corrected chi connectivity index (χ4v) is 2.04. The van der Waals surface area contributed by atoms with E-state index >= 15 is 0 Å². The SMILES string of the molecule is C#CCCCNc1nccc2cc(OC)c(OC)cc12. The summed E-state index contributed by atoms with van der Waals surface area (Å²) >= 11 is 0. The van der Waals surface area contributed by atoms with Crippen LogP contribution in [0, 0.1) is 12.3 Å². The van der Waals surface area contributed by atoms with E-state index in [-0.39, 0.29) is 0 Å². The number of unbranched alkanes of at least 4 members (excludes halogenated alkanes) is 1. The van der Waals surface area contributed by atoms with Crippen LogP contribution in [0.4, 0.5) is 5.82 Å². The monoisotopic (exact) mass is 270 g/mol. The number of pyridine rings is 1. The molecule has 0 spiro atoms. The molecule has 0 aliphatic rings. The van der Waals surface area contributed by atoms with Crippen molar-refractivity contribution in [1.82, 2.24) is 4.98 Å². The highest BCUT2D eigenvalue weighted by molar-refractivity contribution is 5.94. The maximum absolute atomic E-state index is 5.34. The fourth-order valence-electron chi connectivity index (χ4n) is 2.04. The van der Waals surface area contributed by atoms with Crippen molar-refractivity contribution < 1.29 is 9.47 Å². The van der Waals surface area contributed by atoms with Gasteiger partial charge < -0.3 is 14.8 Å². The third-order valence-corrected chi connectivity index (χ3v) is 3.06. The van der Waals surface area contributed by atoms with Crippen LogP contribution in [0.2, 0.25) is 0 Å². The molecule has 0 radical (unpaired) electrons. The summed E-state index contributed by atoms with van der Waals surface area (Å²) < 4.78 is 10.6. The molecule has 1 aromatic heterocycles. The maximum Gasteiger partial charge on any atom is 0.161 e. The first-order valence-electron chi connectivity index (χ1n) is 6.48. The summed E-state index contributed by atoms with van der Waals surface area (Å²) in [5.41, 5.74) is 0. The van der Waals surface area contributed by atoms with Crippen LogP contribution in [0.15, 0.2) is 24.4 Å². The molecule has 0 unspecified atom stereocenters. The number of benzene rings is 1. The predicted molar refractivity (Wildman–Crippen MR) is 81.4 cm³/mol. The van der Waals surface area contributed by atoms with Gasteiger partial charge in [0, 0.05) is 24.5 Å². The number of hydrogen-bond acceptors (Lipinski definition) is 4. The first kappa shape index (κ1) is 14.0. The minimum Gasteiger partial charge on any atom is -0.493 e. The summed E-state index contributed by atoms with van der Waals surface area (Å²) in [7, 11) is 3.25. The van der Waals surface area contributed by atoms with E-state index in [2.05, 4.69) is 16.2 Å². The third kappa shape index (κ3) is 2.94. The van der Waals surface area contributed by atoms with E-state index in [4.69, 9.17) is 15.9 Å². The average molecular weight is 270 g/mol. The molecular weight excluding hydrogens is 252 g/mol. The van der Waals surface area contributed by atoms with E-state index in [1.807, 2.05) is 18.2 Å². The van der Waals surface area contributed by atoms with Gasteiger partial charge in [0.05, 0.1) is 14.2 Å². The first-order chi connectivity index (χ1) is 9.80. The number of aromatic nitrogens is 1. The minimum atomic E-state index is 0.694. The highest BCUT2D eigenvalue weighted by atomic mass is 16.5. The molecule has 0 bridgehead atoms. The lowest BCUT2D eigenvalue weighted by Gasteiger charge is -2.12. The van der Waals surface area contributed by atoms with Crippen LogP contribution < -0.4 is 14.8 Å². The number of nitrogens with zero attached hydrogens (tertiary/aromatic N) is 1. The van der Waals surface area contributed by atoms with Crippen molar-refractivity contribution in [3.05, 3.63) is 24.4 Å². The van der Waals surface area contributed by atoms with Gasteiger partial charge in [0.1, 0.15) is 5.82 Å². The van der Waals surface area contributed by atoms with Gasteiger partial charge in [-0.15, -0.1) is 12.3 Å². The van der Waals surface area contributed by atoms with Gasteiger partial charge in [-0.3, -0.25) is 0 Å². The number of nitrogens with one attached hydrogen (secondary N) is 1. The number of terminal acetylenes is 1. The van der Waals surface area contributed by atoms with Crippen molar-refractivity contribution in [3.63, 3.8) is 0 Å². The Morgan fingerprint density at radius 3 is 2.70 bits per heavy atom. The van der Waals surface area contributed by atoms with E-state index in [9.17, 15) is 0 Å². The number of ether oxygens (including phenoxy) is 2. The van der Waals surface area contributed by atoms with Gasteiger partial charge >= 0.3 is 0 Å². The summed E-state index contributed by atoms with van der Waals surface area (Å²) in [4.78, 5) is 4.38. The molecular formula is C16H18N2O2. The zero-order valence-electron chi connectivity index (χ0n) is 11.8. The lowest BCUT2D eigenvalue weighted by Crippen LogP contribution is -2.03. The molecule has 0 atom stereocenters. The average Bonchev–Trinajstić information content (AvgIpc) is 2.50. The van der Waals surface area contributed by atoms with Crippen LogP contribution >= 0.6 is 0 Å². The van der Waals surface area contributed by atoms with E-state index in [1.165, 1.54) is 0 Å². The molecule has 0 aliphatic heterocycles. The lowest BCUT2D eigenvalue weighted by molar-refractivity contribution is 0.356. The standard InChI is InChI=1S/C16H18N2O2/c1-4-5-6-8-17-16-13-11-15(20-3)14(19-2)10-12(13)7-9-18-16/h1,7,9-11H,5-6,8H2,2-3H3,(H,17,18). The molecule has 1 aromatic carbocycles. The van der Waals surface area contributed by atoms with Crippen LogP contribution in [0.1, 0.15) is 12.8 Å². The minimum absolute atomic E-state index is 0.694. The predicted octanol–water partition coefficient (Wildman–Crippen LogP) is 3.08. The molecule has 104 valence electrons. The molecule has 0 aliphatic carbocycles. The fraction of sp³-hybridized carbons (Fsp3) is 0.312. The van der Waals surface area contributed by atoms with Crippen molar-refractivity contribution >= 4 is 16.6 Å². The molecule has 1 heterocycles. The van der Waals surface area contributed by atoms with Crippen LogP contribution in [-0.4, -0.2) is 25.7 Å². The molecule has 20 heavy (non-hydrogen) atoms. The quantitative estimate of drug-likeness (QED) is 0.647. The largest absolute Gasteiger partial charge is 0.493 e. The Morgan fingerprint density at radius 1 is 1.25 bits per heavy atom. The topological polar surface area (TPSA) is 43.4 Å². The molecule has 2 rings (SSSR count). The second-order valence-corrected chi connectivity index (χ2v) is 4.32. The number of methoxy groups -OCH3 is 2. The van der Waals surface area contributed by atoms with Crippen LogP contribution in [-0.2, 0) is 0 Å². The number of fused-ring (bicyclic) bond motifs is 1. The van der Waals surface area contributed by atoms with E-state index < -0.39 is 0 Å². The van der Waals surface area contributed by atoms with Gasteiger partial charge in [-0.05, 0) is 30.0 Å². The molecule has 4 heteroatoms. The molecule has 2 aromatic rings. The van der Waals surface area contributed by atoms with Crippen molar-refractivity contribution in [1.29, 1.82) is 0 Å². The van der Waals surface area contributed by atoms with Gasteiger partial charge in [-0.2, -0.15) is 0 Å². The Balaban J connectivity index is 2.33. The number of anilines is 1. The van der Waals surface area contributed by atoms with Crippen LogP contribution in [0.3, 0.4) is 0 Å². The zero-order chi connectivity index (χ0) is 14.4. The molecule has 0 saturated heterocycles.